The molecule has 0 atom stereocenters. The summed E-state index contributed by atoms with van der Waals surface area (Å²) in [5, 5.41) is 3.44. The Labute approximate surface area is 153 Å². The molecule has 1 fully saturated rings. The topological polar surface area (TPSA) is 45.2 Å². The lowest BCUT2D eigenvalue weighted by atomic mass is 10.00. The highest BCUT2D eigenvalue weighted by Crippen LogP contribution is 2.24. The van der Waals surface area contributed by atoms with Crippen molar-refractivity contribution >= 4 is 28.5 Å². The molecule has 1 N–H and O–H groups in total. The Balaban J connectivity index is 1.51. The Morgan fingerprint density at radius 2 is 2.00 bits per heavy atom. The highest BCUT2D eigenvalue weighted by atomic mass is 32.1. The summed E-state index contributed by atoms with van der Waals surface area (Å²) in [6, 6.07) is 8.88. The minimum atomic E-state index is -0.0689. The number of nitrogens with one attached hydrogen (secondary N) is 1. The zero-order valence-electron chi connectivity index (χ0n) is 14.9. The number of aryl methyl sites for hydroxylation is 1. The van der Waals surface area contributed by atoms with Gasteiger partial charge in [-0.25, -0.2) is 4.98 Å². The normalized spacial score (nSPS) is 15.2. The van der Waals surface area contributed by atoms with E-state index < -0.39 is 0 Å². The minimum Gasteiger partial charge on any atom is -0.302 e. The highest BCUT2D eigenvalue weighted by molar-refractivity contribution is 7.15. The van der Waals surface area contributed by atoms with Crippen LogP contribution in [-0.2, 0) is 17.8 Å². The Bertz CT molecular complexity index is 739. The average Bonchev–Trinajstić information content (AvgIpc) is 3.03. The summed E-state index contributed by atoms with van der Waals surface area (Å²) in [5.41, 5.74) is 4.23. The van der Waals surface area contributed by atoms with Gasteiger partial charge in [0.1, 0.15) is 0 Å². The Morgan fingerprint density at radius 1 is 1.28 bits per heavy atom. The number of nitrogens with zero attached hydrogens (tertiary/aromatic N) is 2. The molecule has 1 saturated heterocycles. The molecule has 5 heteroatoms. The van der Waals surface area contributed by atoms with E-state index in [0.717, 1.165) is 38.9 Å². The Hall–Kier alpha value is -1.98. The number of piperidine rings is 1. The van der Waals surface area contributed by atoms with Crippen molar-refractivity contribution in [1.29, 1.82) is 0 Å². The lowest BCUT2D eigenvalue weighted by Gasteiger charge is -2.27. The van der Waals surface area contributed by atoms with Crippen LogP contribution in [0, 0.1) is 0 Å². The predicted molar refractivity (Wildman–Crippen MR) is 105 cm³/mol. The van der Waals surface area contributed by atoms with Crippen LogP contribution in [-0.4, -0.2) is 28.9 Å². The molecular formula is C20H25N3OS. The number of hydrogen-bond acceptors (Lipinski definition) is 4. The van der Waals surface area contributed by atoms with Gasteiger partial charge < -0.3 is 5.32 Å². The molecule has 1 aromatic carbocycles. The monoisotopic (exact) mass is 355 g/mol. The van der Waals surface area contributed by atoms with Crippen molar-refractivity contribution in [2.45, 2.75) is 39.7 Å². The first-order valence-corrected chi connectivity index (χ1v) is 9.67. The van der Waals surface area contributed by atoms with Gasteiger partial charge in [0.2, 0.25) is 5.91 Å². The lowest BCUT2D eigenvalue weighted by Crippen LogP contribution is -2.29. The van der Waals surface area contributed by atoms with Crippen LogP contribution in [0.4, 0.5) is 5.13 Å². The van der Waals surface area contributed by atoms with Crippen LogP contribution in [0.5, 0.6) is 0 Å². The van der Waals surface area contributed by atoms with Gasteiger partial charge in [0.25, 0.3) is 0 Å². The number of benzene rings is 1. The summed E-state index contributed by atoms with van der Waals surface area (Å²) < 4.78 is 0. The van der Waals surface area contributed by atoms with Crippen LogP contribution >= 0.6 is 11.3 Å². The first kappa shape index (κ1) is 17.8. The van der Waals surface area contributed by atoms with Crippen molar-refractivity contribution in [3.05, 3.63) is 52.0 Å². The summed E-state index contributed by atoms with van der Waals surface area (Å²) in [4.78, 5) is 19.0. The number of rotatable bonds is 5. The number of amides is 1. The summed E-state index contributed by atoms with van der Waals surface area (Å²) in [7, 11) is 0. The van der Waals surface area contributed by atoms with Gasteiger partial charge in [-0.1, -0.05) is 42.8 Å². The molecule has 1 aliphatic rings. The van der Waals surface area contributed by atoms with Crippen molar-refractivity contribution in [2.24, 2.45) is 0 Å². The molecular weight excluding hydrogens is 330 g/mol. The zero-order chi connectivity index (χ0) is 17.6. The van der Waals surface area contributed by atoms with Crippen LogP contribution < -0.4 is 5.32 Å². The predicted octanol–water partition coefficient (Wildman–Crippen LogP) is 4.34. The van der Waals surface area contributed by atoms with Crippen LogP contribution in [0.15, 0.2) is 36.0 Å². The second-order valence-corrected chi connectivity index (χ2v) is 7.60. The molecule has 0 radical (unpaired) electrons. The number of likely N-dealkylation sites (tertiary alicyclic amines) is 1. The second kappa shape index (κ2) is 8.41. The van der Waals surface area contributed by atoms with Crippen molar-refractivity contribution in [2.75, 3.05) is 18.4 Å². The van der Waals surface area contributed by atoms with Crippen LogP contribution in [0.25, 0.3) is 6.08 Å². The third-order valence-corrected chi connectivity index (χ3v) is 5.37. The van der Waals surface area contributed by atoms with Gasteiger partial charge in [-0.15, -0.1) is 11.3 Å². The second-order valence-electron chi connectivity index (χ2n) is 6.49. The molecule has 0 bridgehead atoms. The van der Waals surface area contributed by atoms with Crippen LogP contribution in [0.1, 0.15) is 42.7 Å². The van der Waals surface area contributed by atoms with E-state index in [4.69, 9.17) is 0 Å². The van der Waals surface area contributed by atoms with Crippen LogP contribution in [0.3, 0.4) is 0 Å². The molecule has 25 heavy (non-hydrogen) atoms. The molecule has 1 aromatic heterocycles. The minimum absolute atomic E-state index is 0.0689. The first-order valence-electron chi connectivity index (χ1n) is 8.85. The van der Waals surface area contributed by atoms with Crippen LogP contribution in [0.2, 0.25) is 0 Å². The van der Waals surface area contributed by atoms with E-state index >= 15 is 0 Å². The molecule has 1 aliphatic heterocycles. The van der Waals surface area contributed by atoms with Gasteiger partial charge in [-0.2, -0.15) is 0 Å². The van der Waals surface area contributed by atoms with E-state index in [1.807, 2.05) is 6.20 Å². The number of carbonyl (C=O) groups is 1. The third-order valence-electron chi connectivity index (χ3n) is 4.47. The van der Waals surface area contributed by atoms with E-state index in [-0.39, 0.29) is 5.91 Å². The van der Waals surface area contributed by atoms with E-state index in [2.05, 4.69) is 52.5 Å². The quantitative estimate of drug-likeness (QED) is 0.867. The molecule has 2 aromatic rings. The largest absolute Gasteiger partial charge is 0.302 e. The smallest absolute Gasteiger partial charge is 0.223 e. The maximum atomic E-state index is 11.1. The first-order chi connectivity index (χ1) is 12.1. The summed E-state index contributed by atoms with van der Waals surface area (Å²) in [6.45, 7) is 6.76. The molecule has 0 aliphatic carbocycles. The number of thiazole rings is 1. The zero-order valence-corrected chi connectivity index (χ0v) is 15.7. The molecule has 4 nitrogen and oxygen atoms in total. The van der Waals surface area contributed by atoms with E-state index in [9.17, 15) is 4.79 Å². The standard InChI is InChI=1S/C20H25N3OS/c1-3-16-4-6-17(7-5-16)12-18-8-10-23(11-9-18)14-19-13-21-20(25-19)22-15(2)24/h4-7,12-13H,3,8-11,14H2,1-2H3,(H,21,22,24). The van der Waals surface area contributed by atoms with Gasteiger partial charge in [0.05, 0.1) is 0 Å². The number of hydrogen-bond donors (Lipinski definition) is 1. The Morgan fingerprint density at radius 3 is 2.64 bits per heavy atom. The molecule has 0 unspecified atom stereocenters. The van der Waals surface area contributed by atoms with Gasteiger partial charge in [-0.05, 0) is 30.4 Å². The number of carbonyl (C=O) groups excluding carboxylic acids is 1. The van der Waals surface area contributed by atoms with Crippen molar-refractivity contribution < 1.29 is 4.79 Å². The fourth-order valence-electron chi connectivity index (χ4n) is 3.04. The van der Waals surface area contributed by atoms with Gasteiger partial charge >= 0.3 is 0 Å². The highest BCUT2D eigenvalue weighted by Gasteiger charge is 2.15. The molecule has 3 rings (SSSR count). The van der Waals surface area contributed by atoms with Gasteiger partial charge in [-0.3, -0.25) is 9.69 Å². The molecule has 0 spiro atoms. The van der Waals surface area contributed by atoms with E-state index in [1.165, 1.54) is 28.5 Å². The number of anilines is 1. The fourth-order valence-corrected chi connectivity index (χ4v) is 3.94. The molecule has 2 heterocycles. The fraction of sp³-hybridized carbons (Fsp3) is 0.400. The van der Waals surface area contributed by atoms with Crippen molar-refractivity contribution in [1.82, 2.24) is 9.88 Å². The SMILES string of the molecule is CCc1ccc(C=C2CCN(Cc3cnc(NC(C)=O)s3)CC2)cc1. The third kappa shape index (κ3) is 5.25. The van der Waals surface area contributed by atoms with Gasteiger partial charge in [0, 0.05) is 37.6 Å². The lowest BCUT2D eigenvalue weighted by molar-refractivity contribution is -0.114. The molecule has 0 saturated carbocycles. The van der Waals surface area contributed by atoms with E-state index in [0.29, 0.717) is 5.13 Å². The van der Waals surface area contributed by atoms with Crippen molar-refractivity contribution in [3.8, 4) is 0 Å². The Kier molecular flexibility index (Phi) is 6.00. The number of aromatic nitrogens is 1. The van der Waals surface area contributed by atoms with Crippen molar-refractivity contribution in [3.63, 3.8) is 0 Å². The maximum Gasteiger partial charge on any atom is 0.223 e. The van der Waals surface area contributed by atoms with E-state index in [1.54, 1.807) is 11.3 Å². The maximum absolute atomic E-state index is 11.1. The van der Waals surface area contributed by atoms with Gasteiger partial charge in [0.15, 0.2) is 5.13 Å². The molecule has 1 amide bonds. The summed E-state index contributed by atoms with van der Waals surface area (Å²) in [6.07, 6.45) is 7.54. The summed E-state index contributed by atoms with van der Waals surface area (Å²) in [5.74, 6) is -0.0689. The molecule has 132 valence electrons. The summed E-state index contributed by atoms with van der Waals surface area (Å²) >= 11 is 1.56. The average molecular weight is 356 g/mol.